The van der Waals surface area contributed by atoms with Crippen molar-refractivity contribution in [2.75, 3.05) is 18.6 Å². The molecule has 0 saturated heterocycles. The molecule has 1 amide bonds. The molecule has 2 aromatic rings. The molecule has 0 aliphatic carbocycles. The smallest absolute Gasteiger partial charge is 0.293 e. The lowest BCUT2D eigenvalue weighted by Crippen LogP contribution is -2.31. The molecule has 132 valence electrons. The van der Waals surface area contributed by atoms with Crippen LogP contribution in [0.2, 0.25) is 0 Å². The summed E-state index contributed by atoms with van der Waals surface area (Å²) in [4.78, 5) is 22.7. The average molecular weight is 363 g/mol. The molecule has 2 N–H and O–H groups in total. The fraction of sp³-hybridized carbons (Fsp3) is 0.188. The van der Waals surface area contributed by atoms with Gasteiger partial charge < -0.3 is 10.6 Å². The molecule has 0 spiro atoms. The molecular weight excluding hydrogens is 346 g/mol. The highest BCUT2D eigenvalue weighted by Gasteiger charge is 2.24. The molecule has 1 atom stereocenters. The molecule has 9 heteroatoms. The molecule has 0 aliphatic heterocycles. The average Bonchev–Trinajstić information content (AvgIpc) is 2.58. The first-order chi connectivity index (χ1) is 11.7. The third-order valence-corrected chi connectivity index (χ3v) is 4.65. The van der Waals surface area contributed by atoms with Crippen LogP contribution in [-0.2, 0) is 14.6 Å². The Labute approximate surface area is 144 Å². The van der Waals surface area contributed by atoms with Gasteiger partial charge in [-0.05, 0) is 17.7 Å². The second-order valence-electron chi connectivity index (χ2n) is 5.31. The number of benzene rings is 2. The number of nitro groups is 1. The van der Waals surface area contributed by atoms with Crippen LogP contribution in [0.5, 0.6) is 0 Å². The predicted octanol–water partition coefficient (Wildman–Crippen LogP) is 1.90. The van der Waals surface area contributed by atoms with Gasteiger partial charge in [0.25, 0.3) is 5.69 Å². The van der Waals surface area contributed by atoms with E-state index in [9.17, 15) is 23.3 Å². The van der Waals surface area contributed by atoms with Crippen LogP contribution >= 0.6 is 0 Å². The molecule has 0 radical (unpaired) electrons. The van der Waals surface area contributed by atoms with E-state index in [1.807, 2.05) is 0 Å². The Balaban J connectivity index is 2.49. The van der Waals surface area contributed by atoms with Crippen molar-refractivity contribution >= 4 is 27.1 Å². The summed E-state index contributed by atoms with van der Waals surface area (Å²) in [5, 5.41) is 16.7. The Hall–Kier alpha value is -2.94. The highest BCUT2D eigenvalue weighted by Crippen LogP contribution is 2.30. The van der Waals surface area contributed by atoms with Gasteiger partial charge in [0.1, 0.15) is 11.7 Å². The number of sulfone groups is 1. The standard InChI is InChI=1S/C16H17N3O5S/c1-17-16(20)15(11-6-4-3-5-7-11)18-13-9-8-12(25(2,23)24)10-14(13)19(21)22/h3-10,15,18H,1-2H3,(H,17,20). The third kappa shape index (κ3) is 4.32. The number of nitrogens with zero attached hydrogens (tertiary/aromatic N) is 1. The maximum atomic E-state index is 12.2. The lowest BCUT2D eigenvalue weighted by atomic mass is 10.1. The largest absolute Gasteiger partial charge is 0.364 e. The van der Waals surface area contributed by atoms with Gasteiger partial charge in [0.15, 0.2) is 9.84 Å². The molecule has 0 fully saturated rings. The topological polar surface area (TPSA) is 118 Å². The van der Waals surface area contributed by atoms with Gasteiger partial charge in [-0.2, -0.15) is 0 Å². The Kier molecular flexibility index (Phi) is 5.38. The van der Waals surface area contributed by atoms with E-state index in [2.05, 4.69) is 10.6 Å². The van der Waals surface area contributed by atoms with Gasteiger partial charge in [-0.3, -0.25) is 14.9 Å². The number of nitro benzene ring substituents is 1. The first-order valence-corrected chi connectivity index (χ1v) is 9.14. The first kappa shape index (κ1) is 18.4. The third-order valence-electron chi connectivity index (χ3n) is 3.54. The van der Waals surface area contributed by atoms with Gasteiger partial charge in [-0.1, -0.05) is 30.3 Å². The summed E-state index contributed by atoms with van der Waals surface area (Å²) in [6.07, 6.45) is 0.969. The summed E-state index contributed by atoms with van der Waals surface area (Å²) in [5.74, 6) is -0.382. The molecule has 0 bridgehead atoms. The van der Waals surface area contributed by atoms with Crippen molar-refractivity contribution < 1.29 is 18.1 Å². The highest BCUT2D eigenvalue weighted by molar-refractivity contribution is 7.90. The van der Waals surface area contributed by atoms with Crippen LogP contribution in [0.25, 0.3) is 0 Å². The summed E-state index contributed by atoms with van der Waals surface area (Å²) < 4.78 is 23.2. The number of hydrogen-bond donors (Lipinski definition) is 2. The number of carbonyl (C=O) groups is 1. The van der Waals surface area contributed by atoms with Crippen molar-refractivity contribution in [2.45, 2.75) is 10.9 Å². The molecular formula is C16H17N3O5S. The zero-order valence-corrected chi connectivity index (χ0v) is 14.4. The van der Waals surface area contributed by atoms with Gasteiger partial charge >= 0.3 is 0 Å². The second kappa shape index (κ2) is 7.31. The number of anilines is 1. The van der Waals surface area contributed by atoms with E-state index in [1.165, 1.54) is 19.2 Å². The van der Waals surface area contributed by atoms with Crippen LogP contribution in [0.3, 0.4) is 0 Å². The van der Waals surface area contributed by atoms with Crippen LogP contribution in [-0.4, -0.2) is 32.6 Å². The van der Waals surface area contributed by atoms with E-state index >= 15 is 0 Å². The Bertz CT molecular complexity index is 897. The summed E-state index contributed by atoms with van der Waals surface area (Å²) in [5.41, 5.74) is 0.242. The highest BCUT2D eigenvalue weighted by atomic mass is 32.2. The molecule has 2 rings (SSSR count). The van der Waals surface area contributed by atoms with Crippen molar-refractivity contribution in [2.24, 2.45) is 0 Å². The van der Waals surface area contributed by atoms with Gasteiger partial charge in [-0.15, -0.1) is 0 Å². The minimum Gasteiger partial charge on any atom is -0.364 e. The summed E-state index contributed by atoms with van der Waals surface area (Å²) in [6, 6.07) is 11.4. The Morgan fingerprint density at radius 2 is 1.80 bits per heavy atom. The predicted molar refractivity (Wildman–Crippen MR) is 93.1 cm³/mol. The lowest BCUT2D eigenvalue weighted by molar-refractivity contribution is -0.384. The molecule has 0 heterocycles. The fourth-order valence-electron chi connectivity index (χ4n) is 2.26. The first-order valence-electron chi connectivity index (χ1n) is 7.25. The maximum Gasteiger partial charge on any atom is 0.293 e. The lowest BCUT2D eigenvalue weighted by Gasteiger charge is -2.19. The maximum absolute atomic E-state index is 12.2. The number of nitrogens with one attached hydrogen (secondary N) is 2. The Morgan fingerprint density at radius 3 is 2.32 bits per heavy atom. The molecule has 25 heavy (non-hydrogen) atoms. The minimum absolute atomic E-state index is 0.0508. The minimum atomic E-state index is -3.59. The van der Waals surface area contributed by atoms with E-state index in [0.717, 1.165) is 12.3 Å². The van der Waals surface area contributed by atoms with E-state index in [1.54, 1.807) is 30.3 Å². The van der Waals surface area contributed by atoms with Crippen LogP contribution in [0.15, 0.2) is 53.4 Å². The van der Waals surface area contributed by atoms with Crippen molar-refractivity contribution in [1.82, 2.24) is 5.32 Å². The van der Waals surface area contributed by atoms with Crippen LogP contribution < -0.4 is 10.6 Å². The molecule has 8 nitrogen and oxygen atoms in total. The monoisotopic (exact) mass is 363 g/mol. The van der Waals surface area contributed by atoms with Crippen molar-refractivity contribution in [1.29, 1.82) is 0 Å². The van der Waals surface area contributed by atoms with Gasteiger partial charge in [-0.25, -0.2) is 8.42 Å². The zero-order valence-electron chi connectivity index (χ0n) is 13.6. The fourth-order valence-corrected chi connectivity index (χ4v) is 2.90. The van der Waals surface area contributed by atoms with Gasteiger partial charge in [0.05, 0.1) is 9.82 Å². The van der Waals surface area contributed by atoms with Crippen molar-refractivity contribution in [3.63, 3.8) is 0 Å². The zero-order chi connectivity index (χ0) is 18.6. The number of hydrogen-bond acceptors (Lipinski definition) is 6. The second-order valence-corrected chi connectivity index (χ2v) is 7.33. The number of rotatable bonds is 6. The van der Waals surface area contributed by atoms with Crippen LogP contribution in [0.4, 0.5) is 11.4 Å². The summed E-state index contributed by atoms with van der Waals surface area (Å²) in [6.45, 7) is 0. The normalized spacial score (nSPS) is 12.2. The van der Waals surface area contributed by atoms with E-state index in [-0.39, 0.29) is 16.5 Å². The van der Waals surface area contributed by atoms with E-state index < -0.39 is 26.5 Å². The number of amides is 1. The number of likely N-dealkylation sites (N-methyl/N-ethyl adjacent to an activating group) is 1. The van der Waals surface area contributed by atoms with Crippen molar-refractivity contribution in [3.05, 3.63) is 64.2 Å². The molecule has 0 saturated carbocycles. The SMILES string of the molecule is CNC(=O)C(Nc1ccc(S(C)(=O)=O)cc1[N+](=O)[O-])c1ccccc1. The molecule has 0 aliphatic rings. The van der Waals surface area contributed by atoms with Gasteiger partial charge in [0, 0.05) is 19.4 Å². The summed E-state index contributed by atoms with van der Waals surface area (Å²) >= 11 is 0. The number of carbonyl (C=O) groups excluding carboxylic acids is 1. The quantitative estimate of drug-likeness (QED) is 0.598. The van der Waals surface area contributed by atoms with E-state index in [0.29, 0.717) is 5.56 Å². The van der Waals surface area contributed by atoms with E-state index in [4.69, 9.17) is 0 Å². The Morgan fingerprint density at radius 1 is 1.16 bits per heavy atom. The van der Waals surface area contributed by atoms with Crippen LogP contribution in [0, 0.1) is 10.1 Å². The van der Waals surface area contributed by atoms with Crippen molar-refractivity contribution in [3.8, 4) is 0 Å². The molecule has 0 aromatic heterocycles. The van der Waals surface area contributed by atoms with Gasteiger partial charge in [0.2, 0.25) is 5.91 Å². The molecule has 1 unspecified atom stereocenters. The summed E-state index contributed by atoms with van der Waals surface area (Å²) in [7, 11) is -2.13. The molecule has 2 aromatic carbocycles. The van der Waals surface area contributed by atoms with Crippen LogP contribution in [0.1, 0.15) is 11.6 Å².